The third-order valence-corrected chi connectivity index (χ3v) is 4.36. The Labute approximate surface area is 145 Å². The maximum absolute atomic E-state index is 14.5. The third-order valence-electron chi connectivity index (χ3n) is 4.14. The van der Waals surface area contributed by atoms with Gasteiger partial charge in [0.05, 0.1) is 11.3 Å². The lowest BCUT2D eigenvalue weighted by atomic mass is 9.92. The van der Waals surface area contributed by atoms with Crippen molar-refractivity contribution in [2.24, 2.45) is 0 Å². The van der Waals surface area contributed by atoms with Crippen molar-refractivity contribution in [3.8, 4) is 0 Å². The largest absolute Gasteiger partial charge is 0.344 e. The molecule has 1 heterocycles. The Bertz CT molecular complexity index is 859. The number of hydrogen-bond donors (Lipinski definition) is 0. The van der Waals surface area contributed by atoms with Crippen molar-refractivity contribution < 1.29 is 8.78 Å². The highest BCUT2D eigenvalue weighted by Crippen LogP contribution is 2.40. The summed E-state index contributed by atoms with van der Waals surface area (Å²) in [5.41, 5.74) is 3.57. The molecule has 0 saturated carbocycles. The van der Waals surface area contributed by atoms with Crippen molar-refractivity contribution in [3.05, 3.63) is 94.2 Å². The van der Waals surface area contributed by atoms with Gasteiger partial charge in [0, 0.05) is 23.3 Å². The maximum Gasteiger partial charge on any atom is 0.136 e. The van der Waals surface area contributed by atoms with E-state index < -0.39 is 11.6 Å². The molecule has 0 aliphatic carbocycles. The second-order valence-electron chi connectivity index (χ2n) is 5.71. The molecule has 1 aliphatic heterocycles. The van der Waals surface area contributed by atoms with Crippen LogP contribution in [-0.4, -0.2) is 11.9 Å². The van der Waals surface area contributed by atoms with Crippen LogP contribution < -0.4 is 0 Å². The van der Waals surface area contributed by atoms with Gasteiger partial charge in [-0.1, -0.05) is 48.5 Å². The summed E-state index contributed by atoms with van der Waals surface area (Å²) in [6, 6.07) is 11.7. The van der Waals surface area contributed by atoms with Gasteiger partial charge in [0.15, 0.2) is 0 Å². The van der Waals surface area contributed by atoms with Crippen molar-refractivity contribution >= 4 is 22.9 Å². The fourth-order valence-electron chi connectivity index (χ4n) is 2.86. The molecule has 0 radical (unpaired) electrons. The van der Waals surface area contributed by atoms with Crippen molar-refractivity contribution in [1.29, 1.82) is 0 Å². The number of benzene rings is 2. The van der Waals surface area contributed by atoms with Crippen molar-refractivity contribution in [2.75, 3.05) is 7.05 Å². The molecule has 24 heavy (non-hydrogen) atoms. The van der Waals surface area contributed by atoms with Crippen LogP contribution >= 0.6 is 11.6 Å². The number of halogens is 3. The molecule has 2 aromatic carbocycles. The summed E-state index contributed by atoms with van der Waals surface area (Å²) in [5, 5.41) is 0.0274. The normalized spacial score (nSPS) is 15.0. The van der Waals surface area contributed by atoms with Gasteiger partial charge in [-0.25, -0.2) is 8.78 Å². The Hall–Kier alpha value is -2.39. The molecule has 0 bridgehead atoms. The number of hydrogen-bond acceptors (Lipinski definition) is 1. The highest BCUT2D eigenvalue weighted by molar-refractivity contribution is 6.30. The summed E-state index contributed by atoms with van der Waals surface area (Å²) in [4.78, 5) is 1.72. The number of nitrogens with zero attached hydrogens (tertiary/aromatic N) is 1. The van der Waals surface area contributed by atoms with Crippen LogP contribution in [0.1, 0.15) is 18.1 Å². The highest BCUT2D eigenvalue weighted by atomic mass is 35.5. The van der Waals surface area contributed by atoms with Crippen LogP contribution in [-0.2, 0) is 0 Å². The summed E-state index contributed by atoms with van der Waals surface area (Å²) in [5.74, 6) is -1.40. The van der Waals surface area contributed by atoms with E-state index in [-0.39, 0.29) is 10.6 Å². The second-order valence-corrected chi connectivity index (χ2v) is 6.14. The van der Waals surface area contributed by atoms with Crippen LogP contribution in [0.2, 0.25) is 5.02 Å². The Morgan fingerprint density at radius 3 is 2.21 bits per heavy atom. The van der Waals surface area contributed by atoms with Crippen LogP contribution in [0.5, 0.6) is 0 Å². The monoisotopic (exact) mass is 343 g/mol. The lowest BCUT2D eigenvalue weighted by molar-refractivity contribution is 0.548. The SMILES string of the molecule is C=C1C(C)=CC(c2ccccc2)=C(c2c(F)cc(Cl)cc2F)N1C. The quantitative estimate of drug-likeness (QED) is 0.657. The van der Waals surface area contributed by atoms with Gasteiger partial charge in [0.1, 0.15) is 11.6 Å². The minimum atomic E-state index is -0.698. The average molecular weight is 344 g/mol. The predicted octanol–water partition coefficient (Wildman–Crippen LogP) is 5.89. The molecule has 0 aromatic heterocycles. The van der Waals surface area contributed by atoms with E-state index in [1.165, 1.54) is 0 Å². The first-order chi connectivity index (χ1) is 11.4. The number of allylic oxidation sites excluding steroid dienone is 3. The van der Waals surface area contributed by atoms with Crippen LogP contribution in [0, 0.1) is 11.6 Å². The maximum atomic E-state index is 14.5. The molecule has 0 saturated heterocycles. The molecule has 122 valence electrons. The van der Waals surface area contributed by atoms with Crippen molar-refractivity contribution in [3.63, 3.8) is 0 Å². The molecule has 0 N–H and O–H groups in total. The lowest BCUT2D eigenvalue weighted by Crippen LogP contribution is -2.22. The summed E-state index contributed by atoms with van der Waals surface area (Å²) >= 11 is 5.76. The molecule has 3 rings (SSSR count). The zero-order chi connectivity index (χ0) is 17.4. The standard InChI is InChI=1S/C20H16ClF2N/c1-12-9-16(14-7-5-4-6-8-14)20(24(3)13(12)2)19-17(22)10-15(21)11-18(19)23/h4-11H,2H2,1,3H3. The first-order valence-electron chi connectivity index (χ1n) is 7.46. The first kappa shape index (κ1) is 16.5. The van der Waals surface area contributed by atoms with E-state index in [2.05, 4.69) is 6.58 Å². The zero-order valence-electron chi connectivity index (χ0n) is 13.4. The van der Waals surface area contributed by atoms with Gasteiger partial charge >= 0.3 is 0 Å². The van der Waals surface area contributed by atoms with Gasteiger partial charge in [0.25, 0.3) is 0 Å². The van der Waals surface area contributed by atoms with Gasteiger partial charge < -0.3 is 4.90 Å². The van der Waals surface area contributed by atoms with Crippen molar-refractivity contribution in [1.82, 2.24) is 4.90 Å². The molecule has 1 aliphatic rings. The molecule has 1 nitrogen and oxygen atoms in total. The van der Waals surface area contributed by atoms with Crippen molar-refractivity contribution in [2.45, 2.75) is 6.92 Å². The molecule has 0 fully saturated rings. The van der Waals surface area contributed by atoms with E-state index in [0.717, 1.165) is 28.8 Å². The van der Waals surface area contributed by atoms with Gasteiger partial charge in [-0.15, -0.1) is 0 Å². The molecule has 4 heteroatoms. The molecule has 0 spiro atoms. The smallest absolute Gasteiger partial charge is 0.136 e. The van der Waals surface area contributed by atoms with E-state index in [1.807, 2.05) is 43.3 Å². The first-order valence-corrected chi connectivity index (χ1v) is 7.84. The van der Waals surface area contributed by atoms with Gasteiger partial charge in [-0.2, -0.15) is 0 Å². The third kappa shape index (κ3) is 2.76. The van der Waals surface area contributed by atoms with Crippen LogP contribution in [0.25, 0.3) is 11.3 Å². The molecule has 0 atom stereocenters. The highest BCUT2D eigenvalue weighted by Gasteiger charge is 2.26. The topological polar surface area (TPSA) is 3.24 Å². The number of rotatable bonds is 2. The van der Waals surface area contributed by atoms with E-state index >= 15 is 0 Å². The van der Waals surface area contributed by atoms with Gasteiger partial charge in [-0.05, 0) is 36.3 Å². The zero-order valence-corrected chi connectivity index (χ0v) is 14.2. The van der Waals surface area contributed by atoms with Crippen LogP contribution in [0.15, 0.2) is 66.4 Å². The van der Waals surface area contributed by atoms with E-state index in [1.54, 1.807) is 11.9 Å². The van der Waals surface area contributed by atoms with E-state index in [0.29, 0.717) is 11.4 Å². The summed E-state index contributed by atoms with van der Waals surface area (Å²) < 4.78 is 29.1. The molecule has 2 aromatic rings. The Kier molecular flexibility index (Phi) is 4.29. The fourth-order valence-corrected chi connectivity index (χ4v) is 3.05. The predicted molar refractivity (Wildman–Crippen MR) is 95.3 cm³/mol. The Morgan fingerprint density at radius 1 is 1.04 bits per heavy atom. The lowest BCUT2D eigenvalue weighted by Gasteiger charge is -2.32. The fraction of sp³-hybridized carbons (Fsp3) is 0.100. The van der Waals surface area contributed by atoms with Gasteiger partial charge in [-0.3, -0.25) is 0 Å². The van der Waals surface area contributed by atoms with E-state index in [9.17, 15) is 8.78 Å². The summed E-state index contributed by atoms with van der Waals surface area (Å²) in [6.45, 7) is 5.93. The second kappa shape index (κ2) is 6.25. The molecular formula is C20H16ClF2N. The number of likely N-dealkylation sites (N-methyl/N-ethyl adjacent to an activating group) is 1. The minimum Gasteiger partial charge on any atom is -0.344 e. The Balaban J connectivity index is 2.36. The molecular weight excluding hydrogens is 328 g/mol. The van der Waals surface area contributed by atoms with E-state index in [4.69, 9.17) is 11.6 Å². The average Bonchev–Trinajstić information content (AvgIpc) is 2.54. The Morgan fingerprint density at radius 2 is 1.62 bits per heavy atom. The molecule has 0 unspecified atom stereocenters. The molecule has 0 amide bonds. The van der Waals surface area contributed by atoms with Gasteiger partial charge in [0.2, 0.25) is 0 Å². The summed E-state index contributed by atoms with van der Waals surface area (Å²) in [6.07, 6.45) is 1.90. The minimum absolute atomic E-state index is 0.0274. The van der Waals surface area contributed by atoms with Crippen LogP contribution in [0.3, 0.4) is 0 Å². The summed E-state index contributed by atoms with van der Waals surface area (Å²) in [7, 11) is 1.75. The van der Waals surface area contributed by atoms with Crippen LogP contribution in [0.4, 0.5) is 8.78 Å².